The maximum Gasteiger partial charge on any atom is 0.308 e. The Kier molecular flexibility index (Phi) is 4.10. The predicted octanol–water partition coefficient (Wildman–Crippen LogP) is 2.67. The zero-order valence-corrected chi connectivity index (χ0v) is 11.4. The van der Waals surface area contributed by atoms with E-state index in [1.54, 1.807) is 36.1 Å². The summed E-state index contributed by atoms with van der Waals surface area (Å²) in [6.07, 6.45) is 1.87. The number of carbonyl (C=O) groups is 2. The van der Waals surface area contributed by atoms with Crippen LogP contribution < -0.4 is 0 Å². The molecule has 4 nitrogen and oxygen atoms in total. The summed E-state index contributed by atoms with van der Waals surface area (Å²) in [4.78, 5) is 25.0. The SMILES string of the molecule is C[C@H](CN(C(=O)c1ccccc1Cl)C1CC1)C(=O)O. The lowest BCUT2D eigenvalue weighted by Gasteiger charge is -2.24. The zero-order valence-electron chi connectivity index (χ0n) is 10.7. The van der Waals surface area contributed by atoms with E-state index in [1.165, 1.54) is 0 Å². The maximum absolute atomic E-state index is 12.5. The number of nitrogens with zero attached hydrogens (tertiary/aromatic N) is 1. The third kappa shape index (κ3) is 3.26. The second-order valence-electron chi connectivity index (χ2n) is 4.91. The van der Waals surface area contributed by atoms with Crippen LogP contribution in [0, 0.1) is 5.92 Å². The Labute approximate surface area is 117 Å². The van der Waals surface area contributed by atoms with Gasteiger partial charge in [-0.1, -0.05) is 30.7 Å². The van der Waals surface area contributed by atoms with E-state index in [-0.39, 0.29) is 18.5 Å². The topological polar surface area (TPSA) is 57.6 Å². The minimum Gasteiger partial charge on any atom is -0.481 e. The van der Waals surface area contributed by atoms with E-state index in [9.17, 15) is 9.59 Å². The van der Waals surface area contributed by atoms with Gasteiger partial charge in [-0.25, -0.2) is 0 Å². The number of carbonyl (C=O) groups excluding carboxylic acids is 1. The van der Waals surface area contributed by atoms with E-state index >= 15 is 0 Å². The molecular formula is C14H16ClNO3. The van der Waals surface area contributed by atoms with Crippen molar-refractivity contribution in [3.05, 3.63) is 34.9 Å². The Morgan fingerprint density at radius 2 is 2.05 bits per heavy atom. The first-order chi connectivity index (χ1) is 9.00. The van der Waals surface area contributed by atoms with E-state index in [0.29, 0.717) is 10.6 Å². The van der Waals surface area contributed by atoms with Crippen LogP contribution in [0.15, 0.2) is 24.3 Å². The van der Waals surface area contributed by atoms with E-state index in [1.807, 2.05) is 0 Å². The van der Waals surface area contributed by atoms with Gasteiger partial charge in [0, 0.05) is 12.6 Å². The first-order valence-electron chi connectivity index (χ1n) is 6.29. The fourth-order valence-electron chi connectivity index (χ4n) is 1.95. The number of benzene rings is 1. The van der Waals surface area contributed by atoms with Crippen LogP contribution in [-0.4, -0.2) is 34.5 Å². The molecular weight excluding hydrogens is 266 g/mol. The third-order valence-electron chi connectivity index (χ3n) is 3.24. The molecule has 1 aromatic carbocycles. The lowest BCUT2D eigenvalue weighted by atomic mass is 10.1. The molecule has 1 aromatic rings. The smallest absolute Gasteiger partial charge is 0.308 e. The average molecular weight is 282 g/mol. The van der Waals surface area contributed by atoms with Crippen molar-refractivity contribution in [2.75, 3.05) is 6.54 Å². The Bertz CT molecular complexity index is 499. The van der Waals surface area contributed by atoms with Crippen molar-refractivity contribution in [1.82, 2.24) is 4.90 Å². The lowest BCUT2D eigenvalue weighted by molar-refractivity contribution is -0.141. The summed E-state index contributed by atoms with van der Waals surface area (Å²) in [5.74, 6) is -1.65. The molecule has 1 N–H and O–H groups in total. The summed E-state index contributed by atoms with van der Waals surface area (Å²) in [6.45, 7) is 1.83. The number of carboxylic acids is 1. The van der Waals surface area contributed by atoms with E-state index < -0.39 is 11.9 Å². The van der Waals surface area contributed by atoms with Gasteiger partial charge in [-0.15, -0.1) is 0 Å². The summed E-state index contributed by atoms with van der Waals surface area (Å²) in [6, 6.07) is 7.02. The molecule has 0 aromatic heterocycles. The number of aliphatic carboxylic acids is 1. The highest BCUT2D eigenvalue weighted by Gasteiger charge is 2.35. The van der Waals surface area contributed by atoms with Gasteiger partial charge in [0.25, 0.3) is 5.91 Å². The number of rotatable bonds is 5. The van der Waals surface area contributed by atoms with Crippen LogP contribution in [0.2, 0.25) is 5.02 Å². The molecule has 1 aliphatic rings. The number of hydrogen-bond acceptors (Lipinski definition) is 2. The molecule has 19 heavy (non-hydrogen) atoms. The quantitative estimate of drug-likeness (QED) is 0.903. The average Bonchev–Trinajstić information content (AvgIpc) is 3.19. The standard InChI is InChI=1S/C14H16ClNO3/c1-9(14(18)19)8-16(10-6-7-10)13(17)11-4-2-3-5-12(11)15/h2-5,9-10H,6-8H2,1H3,(H,18,19)/t9-/m1/s1. The molecule has 0 bridgehead atoms. The van der Waals surface area contributed by atoms with Crippen molar-refractivity contribution in [3.8, 4) is 0 Å². The molecule has 2 rings (SSSR count). The Morgan fingerprint density at radius 3 is 2.58 bits per heavy atom. The molecule has 0 radical (unpaired) electrons. The van der Waals surface area contributed by atoms with Gasteiger partial charge in [-0.3, -0.25) is 9.59 Å². The molecule has 0 heterocycles. The summed E-state index contributed by atoms with van der Waals surface area (Å²) in [5.41, 5.74) is 0.439. The minimum atomic E-state index is -0.891. The molecule has 0 unspecified atom stereocenters. The van der Waals surface area contributed by atoms with Gasteiger partial charge in [0.15, 0.2) is 0 Å². The summed E-state index contributed by atoms with van der Waals surface area (Å²) >= 11 is 6.02. The summed E-state index contributed by atoms with van der Waals surface area (Å²) < 4.78 is 0. The van der Waals surface area contributed by atoms with Crippen molar-refractivity contribution < 1.29 is 14.7 Å². The molecule has 1 fully saturated rings. The van der Waals surface area contributed by atoms with E-state index in [0.717, 1.165) is 12.8 Å². The molecule has 102 valence electrons. The van der Waals surface area contributed by atoms with Crippen LogP contribution in [0.1, 0.15) is 30.1 Å². The minimum absolute atomic E-state index is 0.158. The van der Waals surface area contributed by atoms with Gasteiger partial charge in [0.05, 0.1) is 16.5 Å². The molecule has 0 spiro atoms. The first-order valence-corrected chi connectivity index (χ1v) is 6.66. The zero-order chi connectivity index (χ0) is 14.0. The summed E-state index contributed by atoms with van der Waals surface area (Å²) in [7, 11) is 0. The highest BCUT2D eigenvalue weighted by molar-refractivity contribution is 6.33. The van der Waals surface area contributed by atoms with Gasteiger partial charge < -0.3 is 10.0 Å². The van der Waals surface area contributed by atoms with E-state index in [4.69, 9.17) is 16.7 Å². The van der Waals surface area contributed by atoms with Crippen molar-refractivity contribution in [2.45, 2.75) is 25.8 Å². The van der Waals surface area contributed by atoms with Crippen LogP contribution in [0.4, 0.5) is 0 Å². The molecule has 1 amide bonds. The second kappa shape index (κ2) is 5.61. The van der Waals surface area contributed by atoms with Crippen LogP contribution in [0.5, 0.6) is 0 Å². The van der Waals surface area contributed by atoms with Gasteiger partial charge in [-0.2, -0.15) is 0 Å². The van der Waals surface area contributed by atoms with Crippen molar-refractivity contribution >= 4 is 23.5 Å². The number of amides is 1. The van der Waals surface area contributed by atoms with Crippen LogP contribution in [0.25, 0.3) is 0 Å². The molecule has 1 aliphatic carbocycles. The molecule has 1 atom stereocenters. The number of hydrogen-bond donors (Lipinski definition) is 1. The van der Waals surface area contributed by atoms with Crippen LogP contribution in [-0.2, 0) is 4.79 Å². The first kappa shape index (κ1) is 13.9. The predicted molar refractivity (Wildman–Crippen MR) is 72.3 cm³/mol. The van der Waals surface area contributed by atoms with Crippen molar-refractivity contribution in [1.29, 1.82) is 0 Å². The Balaban J connectivity index is 2.18. The lowest BCUT2D eigenvalue weighted by Crippen LogP contribution is -2.38. The molecule has 5 heteroatoms. The molecule has 0 aliphatic heterocycles. The monoisotopic (exact) mass is 281 g/mol. The number of halogens is 1. The van der Waals surface area contributed by atoms with Gasteiger partial charge in [0.2, 0.25) is 0 Å². The Morgan fingerprint density at radius 1 is 1.42 bits per heavy atom. The highest BCUT2D eigenvalue weighted by atomic mass is 35.5. The third-order valence-corrected chi connectivity index (χ3v) is 3.57. The van der Waals surface area contributed by atoms with Gasteiger partial charge in [-0.05, 0) is 25.0 Å². The molecule has 1 saturated carbocycles. The summed E-state index contributed by atoms with van der Waals surface area (Å²) in [5, 5.41) is 9.38. The second-order valence-corrected chi connectivity index (χ2v) is 5.32. The normalized spacial score (nSPS) is 15.9. The van der Waals surface area contributed by atoms with Crippen LogP contribution in [0.3, 0.4) is 0 Å². The van der Waals surface area contributed by atoms with Crippen molar-refractivity contribution in [3.63, 3.8) is 0 Å². The van der Waals surface area contributed by atoms with Crippen molar-refractivity contribution in [2.24, 2.45) is 5.92 Å². The highest BCUT2D eigenvalue weighted by Crippen LogP contribution is 2.30. The molecule has 0 saturated heterocycles. The fraction of sp³-hybridized carbons (Fsp3) is 0.429. The largest absolute Gasteiger partial charge is 0.481 e. The fourth-order valence-corrected chi connectivity index (χ4v) is 2.16. The van der Waals surface area contributed by atoms with Gasteiger partial charge >= 0.3 is 5.97 Å². The number of carboxylic acid groups (broad SMARTS) is 1. The maximum atomic E-state index is 12.5. The van der Waals surface area contributed by atoms with E-state index in [2.05, 4.69) is 0 Å². The van der Waals surface area contributed by atoms with Crippen LogP contribution >= 0.6 is 11.6 Å². The Hall–Kier alpha value is -1.55. The van der Waals surface area contributed by atoms with Gasteiger partial charge in [0.1, 0.15) is 0 Å².